The maximum Gasteiger partial charge on any atom is 0.308 e. The third-order valence-electron chi connectivity index (χ3n) is 2.37. The quantitative estimate of drug-likeness (QED) is 0.780. The Bertz CT molecular complexity index is 555. The van der Waals surface area contributed by atoms with Crippen LogP contribution in [-0.4, -0.2) is 26.6 Å². The van der Waals surface area contributed by atoms with Gasteiger partial charge in [0.25, 0.3) is 0 Å². The lowest BCUT2D eigenvalue weighted by Crippen LogP contribution is -2.24. The smallest absolute Gasteiger partial charge is 0.308 e. The van der Waals surface area contributed by atoms with Crippen molar-refractivity contribution in [3.05, 3.63) is 24.3 Å². The molecular weight excluding hydrogens is 230 g/mol. The molecule has 0 amide bonds. The summed E-state index contributed by atoms with van der Waals surface area (Å²) in [5.41, 5.74) is 1.32. The third kappa shape index (κ3) is 3.06. The summed E-state index contributed by atoms with van der Waals surface area (Å²) in [5, 5.41) is 8.05. The fraction of sp³-hybridized carbons (Fsp3) is 0.462. The van der Waals surface area contributed by atoms with Crippen LogP contribution in [0.3, 0.4) is 0 Å². The lowest BCUT2D eigenvalue weighted by atomic mass is 10.2. The molecule has 0 fully saturated rings. The fourth-order valence-corrected chi connectivity index (χ4v) is 1.67. The predicted molar refractivity (Wildman–Crippen MR) is 68.0 cm³/mol. The van der Waals surface area contributed by atoms with E-state index in [2.05, 4.69) is 10.3 Å². The van der Waals surface area contributed by atoms with E-state index in [0.717, 1.165) is 11.0 Å². The number of carbonyl (C=O) groups excluding carboxylic acids is 1. The molecule has 0 bridgehead atoms. The first kappa shape index (κ1) is 12.5. The average Bonchev–Trinajstić information content (AvgIpc) is 2.67. The van der Waals surface area contributed by atoms with E-state index in [-0.39, 0.29) is 5.97 Å². The molecule has 18 heavy (non-hydrogen) atoms. The second kappa shape index (κ2) is 4.76. The monoisotopic (exact) mass is 247 g/mol. The van der Waals surface area contributed by atoms with Crippen LogP contribution >= 0.6 is 0 Å². The number of fused-ring (bicyclic) bond motifs is 1. The van der Waals surface area contributed by atoms with Crippen LogP contribution in [0.2, 0.25) is 0 Å². The van der Waals surface area contributed by atoms with Crippen LogP contribution in [0, 0.1) is 0 Å². The lowest BCUT2D eigenvalue weighted by molar-refractivity contribution is -0.155. The van der Waals surface area contributed by atoms with Crippen molar-refractivity contribution in [1.29, 1.82) is 0 Å². The number of carbonyl (C=O) groups is 1. The van der Waals surface area contributed by atoms with Gasteiger partial charge in [0.05, 0.1) is 18.5 Å². The van der Waals surface area contributed by atoms with E-state index in [9.17, 15) is 4.79 Å². The van der Waals surface area contributed by atoms with Gasteiger partial charge in [0.15, 0.2) is 0 Å². The SMILES string of the molecule is CC(C)(C)OC(=O)CCn1nnc2ccccc21. The van der Waals surface area contributed by atoms with Crippen molar-refractivity contribution >= 4 is 17.0 Å². The van der Waals surface area contributed by atoms with E-state index in [0.29, 0.717) is 13.0 Å². The Morgan fingerprint density at radius 1 is 1.33 bits per heavy atom. The molecule has 0 aliphatic heterocycles. The molecule has 0 atom stereocenters. The molecule has 0 radical (unpaired) electrons. The Hall–Kier alpha value is -1.91. The highest BCUT2D eigenvalue weighted by Crippen LogP contribution is 2.12. The molecule has 0 unspecified atom stereocenters. The van der Waals surface area contributed by atoms with E-state index in [1.54, 1.807) is 4.68 Å². The molecule has 0 aliphatic rings. The van der Waals surface area contributed by atoms with Gasteiger partial charge in [-0.15, -0.1) is 5.10 Å². The Morgan fingerprint density at radius 3 is 2.78 bits per heavy atom. The van der Waals surface area contributed by atoms with Gasteiger partial charge in [-0.2, -0.15) is 0 Å². The first-order chi connectivity index (χ1) is 8.46. The number of benzene rings is 1. The highest BCUT2D eigenvalue weighted by atomic mass is 16.6. The number of ether oxygens (including phenoxy) is 1. The standard InChI is InChI=1S/C13H17N3O2/c1-13(2,3)18-12(17)8-9-16-11-7-5-4-6-10(11)14-15-16/h4-7H,8-9H2,1-3H3. The molecule has 1 aromatic carbocycles. The van der Waals surface area contributed by atoms with Gasteiger partial charge in [-0.1, -0.05) is 17.3 Å². The number of hydrogen-bond donors (Lipinski definition) is 0. The number of esters is 1. The van der Waals surface area contributed by atoms with Crippen LogP contribution in [0.5, 0.6) is 0 Å². The second-order valence-corrected chi connectivity index (χ2v) is 5.14. The van der Waals surface area contributed by atoms with Crippen molar-refractivity contribution in [3.63, 3.8) is 0 Å². The van der Waals surface area contributed by atoms with Crippen LogP contribution in [0.15, 0.2) is 24.3 Å². The van der Waals surface area contributed by atoms with Crippen molar-refractivity contribution in [2.45, 2.75) is 39.3 Å². The molecule has 0 spiro atoms. The number of nitrogens with zero attached hydrogens (tertiary/aromatic N) is 3. The molecule has 5 nitrogen and oxygen atoms in total. The van der Waals surface area contributed by atoms with Gasteiger partial charge in [-0.3, -0.25) is 4.79 Å². The van der Waals surface area contributed by atoms with Gasteiger partial charge in [-0.25, -0.2) is 4.68 Å². The number of rotatable bonds is 3. The van der Waals surface area contributed by atoms with E-state index in [1.807, 2.05) is 45.0 Å². The van der Waals surface area contributed by atoms with Gasteiger partial charge in [0, 0.05) is 0 Å². The molecule has 1 heterocycles. The molecule has 96 valence electrons. The third-order valence-corrected chi connectivity index (χ3v) is 2.37. The van der Waals surface area contributed by atoms with E-state index >= 15 is 0 Å². The van der Waals surface area contributed by atoms with Crippen LogP contribution in [0.1, 0.15) is 27.2 Å². The molecule has 0 aliphatic carbocycles. The highest BCUT2D eigenvalue weighted by Gasteiger charge is 2.16. The van der Waals surface area contributed by atoms with Crippen LogP contribution in [0.25, 0.3) is 11.0 Å². The summed E-state index contributed by atoms with van der Waals surface area (Å²) < 4.78 is 6.97. The van der Waals surface area contributed by atoms with Gasteiger partial charge < -0.3 is 4.74 Å². The van der Waals surface area contributed by atoms with Crippen molar-refractivity contribution < 1.29 is 9.53 Å². The minimum absolute atomic E-state index is 0.220. The van der Waals surface area contributed by atoms with Gasteiger partial charge in [0.1, 0.15) is 11.1 Å². The summed E-state index contributed by atoms with van der Waals surface area (Å²) in [4.78, 5) is 11.6. The maximum atomic E-state index is 11.6. The van der Waals surface area contributed by atoms with Crippen LogP contribution in [-0.2, 0) is 16.1 Å². The summed E-state index contributed by atoms with van der Waals surface area (Å²) in [5.74, 6) is -0.220. The number of hydrogen-bond acceptors (Lipinski definition) is 4. The molecular formula is C13H17N3O2. The predicted octanol–water partition coefficient (Wildman–Crippen LogP) is 2.16. The number of para-hydroxylation sites is 1. The van der Waals surface area contributed by atoms with E-state index < -0.39 is 5.60 Å². The van der Waals surface area contributed by atoms with Crippen molar-refractivity contribution in [2.24, 2.45) is 0 Å². The fourth-order valence-electron chi connectivity index (χ4n) is 1.67. The number of aryl methyl sites for hydroxylation is 1. The maximum absolute atomic E-state index is 11.6. The first-order valence-corrected chi connectivity index (χ1v) is 5.96. The van der Waals surface area contributed by atoms with Crippen molar-refractivity contribution in [1.82, 2.24) is 15.0 Å². The van der Waals surface area contributed by atoms with Crippen molar-refractivity contribution in [3.8, 4) is 0 Å². The molecule has 5 heteroatoms. The van der Waals surface area contributed by atoms with Crippen LogP contribution < -0.4 is 0 Å². The summed E-state index contributed by atoms with van der Waals surface area (Å²) in [6.07, 6.45) is 0.296. The van der Waals surface area contributed by atoms with Crippen LogP contribution in [0.4, 0.5) is 0 Å². The molecule has 2 rings (SSSR count). The summed E-state index contributed by atoms with van der Waals surface area (Å²) in [7, 11) is 0. The Kier molecular flexibility index (Phi) is 3.32. The molecule has 1 aromatic heterocycles. The Labute approximate surface area is 106 Å². The van der Waals surface area contributed by atoms with Gasteiger partial charge in [-0.05, 0) is 32.9 Å². The minimum Gasteiger partial charge on any atom is -0.460 e. The molecule has 2 aromatic rings. The zero-order valence-corrected chi connectivity index (χ0v) is 10.9. The van der Waals surface area contributed by atoms with E-state index in [4.69, 9.17) is 4.74 Å². The van der Waals surface area contributed by atoms with Crippen molar-refractivity contribution in [2.75, 3.05) is 0 Å². The minimum atomic E-state index is -0.443. The summed E-state index contributed by atoms with van der Waals surface area (Å²) >= 11 is 0. The molecule has 0 saturated carbocycles. The topological polar surface area (TPSA) is 57.0 Å². The lowest BCUT2D eigenvalue weighted by Gasteiger charge is -2.19. The molecule has 0 N–H and O–H groups in total. The van der Waals surface area contributed by atoms with Gasteiger partial charge >= 0.3 is 5.97 Å². The summed E-state index contributed by atoms with van der Waals surface area (Å²) in [6, 6.07) is 7.67. The van der Waals surface area contributed by atoms with E-state index in [1.165, 1.54) is 0 Å². The number of aromatic nitrogens is 3. The largest absolute Gasteiger partial charge is 0.460 e. The Morgan fingerprint density at radius 2 is 2.06 bits per heavy atom. The zero-order chi connectivity index (χ0) is 13.2. The zero-order valence-electron chi connectivity index (χ0n) is 10.9. The highest BCUT2D eigenvalue weighted by molar-refractivity contribution is 5.74. The Balaban J connectivity index is 2.00. The first-order valence-electron chi connectivity index (χ1n) is 5.96. The summed E-state index contributed by atoms with van der Waals surface area (Å²) in [6.45, 7) is 6.05. The second-order valence-electron chi connectivity index (χ2n) is 5.14. The molecule has 0 saturated heterocycles. The van der Waals surface area contributed by atoms with Gasteiger partial charge in [0.2, 0.25) is 0 Å². The normalized spacial score (nSPS) is 11.7. The average molecular weight is 247 g/mol.